The number of allylic oxidation sites excluding steroid dienone is 2. The average molecular weight is 304 g/mol. The lowest BCUT2D eigenvalue weighted by Gasteiger charge is -2.26. The summed E-state index contributed by atoms with van der Waals surface area (Å²) in [5.74, 6) is -1.24. The second-order valence-corrected chi connectivity index (χ2v) is 4.80. The largest absolute Gasteiger partial charge is 0.508 e. The Balaban J connectivity index is 2.90. The Hall–Kier alpha value is -2.56. The number of methoxy groups -OCH3 is 1. The highest BCUT2D eigenvalue weighted by atomic mass is 16.6. The summed E-state index contributed by atoms with van der Waals surface area (Å²) in [5, 5.41) is 9.22. The molecule has 0 aromatic heterocycles. The van der Waals surface area contributed by atoms with Crippen LogP contribution in [0.5, 0.6) is 5.75 Å². The van der Waals surface area contributed by atoms with Crippen molar-refractivity contribution in [2.75, 3.05) is 7.11 Å². The number of hydrogen-bond donors (Lipinski definition) is 1. The summed E-state index contributed by atoms with van der Waals surface area (Å²) in [4.78, 5) is 24.5. The smallest absolute Gasteiger partial charge is 0.324 e. The predicted octanol–water partition coefficient (Wildman–Crippen LogP) is 2.75. The van der Waals surface area contributed by atoms with Crippen molar-refractivity contribution in [3.8, 4) is 5.75 Å². The molecule has 1 N–H and O–H groups in total. The van der Waals surface area contributed by atoms with Gasteiger partial charge >= 0.3 is 11.9 Å². The fourth-order valence-electron chi connectivity index (χ4n) is 2.07. The molecule has 1 rings (SSSR count). The van der Waals surface area contributed by atoms with E-state index in [9.17, 15) is 14.7 Å². The molecular weight excluding hydrogens is 284 g/mol. The van der Waals surface area contributed by atoms with Crippen LogP contribution in [0.1, 0.15) is 18.4 Å². The van der Waals surface area contributed by atoms with Crippen LogP contribution in [0, 0.1) is 5.41 Å². The van der Waals surface area contributed by atoms with E-state index in [1.165, 1.54) is 31.4 Å². The van der Waals surface area contributed by atoms with Gasteiger partial charge in [0.25, 0.3) is 0 Å². The highest BCUT2D eigenvalue weighted by Gasteiger charge is 2.46. The molecule has 0 heterocycles. The van der Waals surface area contributed by atoms with Crippen LogP contribution >= 0.6 is 0 Å². The fourth-order valence-corrected chi connectivity index (χ4v) is 2.07. The fraction of sp³-hybridized carbons (Fsp3) is 0.294. The van der Waals surface area contributed by atoms with Gasteiger partial charge in [0.1, 0.15) is 12.4 Å². The predicted molar refractivity (Wildman–Crippen MR) is 82.0 cm³/mol. The first kappa shape index (κ1) is 17.5. The van der Waals surface area contributed by atoms with Gasteiger partial charge in [0, 0.05) is 0 Å². The van der Waals surface area contributed by atoms with Gasteiger partial charge in [-0.1, -0.05) is 24.3 Å². The number of benzene rings is 1. The summed E-state index contributed by atoms with van der Waals surface area (Å²) in [5.41, 5.74) is -0.767. The van der Waals surface area contributed by atoms with E-state index in [0.717, 1.165) is 0 Å². The van der Waals surface area contributed by atoms with E-state index >= 15 is 0 Å². The number of rotatable bonds is 8. The third-order valence-corrected chi connectivity index (χ3v) is 3.26. The van der Waals surface area contributed by atoms with Gasteiger partial charge in [-0.3, -0.25) is 9.59 Å². The molecule has 0 unspecified atom stereocenters. The summed E-state index contributed by atoms with van der Waals surface area (Å²) in [6, 6.07) is 6.24. The lowest BCUT2D eigenvalue weighted by Crippen LogP contribution is -2.41. The SMILES string of the molecule is C=CCC(CC=C)(C(=O)OC)C(=O)OCc1ccc(O)cc1. The van der Waals surface area contributed by atoms with E-state index < -0.39 is 17.4 Å². The van der Waals surface area contributed by atoms with E-state index in [1.54, 1.807) is 12.1 Å². The first-order valence-electron chi connectivity index (χ1n) is 6.75. The molecule has 5 nitrogen and oxygen atoms in total. The zero-order valence-corrected chi connectivity index (χ0v) is 12.6. The minimum absolute atomic E-state index is 0.00779. The van der Waals surface area contributed by atoms with E-state index in [0.29, 0.717) is 5.56 Å². The first-order valence-corrected chi connectivity index (χ1v) is 6.75. The van der Waals surface area contributed by atoms with E-state index in [2.05, 4.69) is 13.2 Å². The molecule has 118 valence electrons. The minimum Gasteiger partial charge on any atom is -0.508 e. The molecule has 0 aliphatic heterocycles. The molecule has 0 spiro atoms. The van der Waals surface area contributed by atoms with Crippen LogP contribution < -0.4 is 0 Å². The number of phenols is 1. The molecule has 0 aliphatic rings. The molecule has 0 saturated carbocycles. The minimum atomic E-state index is -1.46. The Morgan fingerprint density at radius 3 is 2.14 bits per heavy atom. The van der Waals surface area contributed by atoms with Crippen LogP contribution in [0.2, 0.25) is 0 Å². The van der Waals surface area contributed by atoms with Crippen molar-refractivity contribution >= 4 is 11.9 Å². The summed E-state index contributed by atoms with van der Waals surface area (Å²) in [6.07, 6.45) is 3.14. The lowest BCUT2D eigenvalue weighted by molar-refractivity contribution is -0.171. The molecule has 1 aromatic rings. The Bertz CT molecular complexity index is 535. The van der Waals surface area contributed by atoms with Crippen LogP contribution in [0.3, 0.4) is 0 Å². The van der Waals surface area contributed by atoms with Crippen molar-refractivity contribution in [3.05, 3.63) is 55.1 Å². The Labute approximate surface area is 129 Å². The molecule has 0 bridgehead atoms. The zero-order chi connectivity index (χ0) is 16.6. The maximum absolute atomic E-state index is 12.4. The van der Waals surface area contributed by atoms with Crippen molar-refractivity contribution in [3.63, 3.8) is 0 Å². The van der Waals surface area contributed by atoms with Crippen LogP contribution in [0.25, 0.3) is 0 Å². The number of aromatic hydroxyl groups is 1. The van der Waals surface area contributed by atoms with Crippen molar-refractivity contribution in [1.82, 2.24) is 0 Å². The standard InChI is InChI=1S/C17H20O5/c1-4-10-17(11-5-2,15(19)21-3)16(20)22-12-13-6-8-14(18)9-7-13/h4-9,18H,1-2,10-12H2,3H3. The maximum atomic E-state index is 12.4. The van der Waals surface area contributed by atoms with Gasteiger partial charge in [0.05, 0.1) is 7.11 Å². The zero-order valence-electron chi connectivity index (χ0n) is 12.6. The number of hydrogen-bond acceptors (Lipinski definition) is 5. The summed E-state index contributed by atoms with van der Waals surface area (Å²) in [6.45, 7) is 7.15. The van der Waals surface area contributed by atoms with Gasteiger partial charge in [0.15, 0.2) is 5.41 Å². The van der Waals surface area contributed by atoms with Gasteiger partial charge in [-0.15, -0.1) is 13.2 Å². The van der Waals surface area contributed by atoms with Crippen LogP contribution in [0.15, 0.2) is 49.6 Å². The number of esters is 2. The van der Waals surface area contributed by atoms with Gasteiger partial charge < -0.3 is 14.6 Å². The molecule has 1 aromatic carbocycles. The van der Waals surface area contributed by atoms with Crippen molar-refractivity contribution in [1.29, 1.82) is 0 Å². The molecular formula is C17H20O5. The molecule has 0 saturated heterocycles. The molecule has 0 radical (unpaired) electrons. The Morgan fingerprint density at radius 2 is 1.68 bits per heavy atom. The first-order chi connectivity index (χ1) is 10.5. The molecule has 5 heteroatoms. The van der Waals surface area contributed by atoms with Crippen molar-refractivity contribution in [2.45, 2.75) is 19.4 Å². The second kappa shape index (κ2) is 8.02. The number of ether oxygens (including phenoxy) is 2. The number of phenolic OH excluding ortho intramolecular Hbond substituents is 1. The lowest BCUT2D eigenvalue weighted by atomic mass is 9.81. The van der Waals surface area contributed by atoms with Crippen LogP contribution in [0.4, 0.5) is 0 Å². The number of carbonyl (C=O) groups is 2. The normalized spacial score (nSPS) is 10.6. The quantitative estimate of drug-likeness (QED) is 0.454. The van der Waals surface area contributed by atoms with E-state index in [1.807, 2.05) is 0 Å². The molecule has 22 heavy (non-hydrogen) atoms. The van der Waals surface area contributed by atoms with Gasteiger partial charge in [-0.2, -0.15) is 0 Å². The molecule has 0 atom stereocenters. The van der Waals surface area contributed by atoms with Gasteiger partial charge in [0.2, 0.25) is 0 Å². The van der Waals surface area contributed by atoms with Gasteiger partial charge in [-0.25, -0.2) is 0 Å². The van der Waals surface area contributed by atoms with Crippen molar-refractivity contribution < 1.29 is 24.2 Å². The van der Waals surface area contributed by atoms with Crippen LogP contribution in [-0.4, -0.2) is 24.2 Å². The maximum Gasteiger partial charge on any atom is 0.324 e. The van der Waals surface area contributed by atoms with Gasteiger partial charge in [-0.05, 0) is 30.5 Å². The summed E-state index contributed by atoms with van der Waals surface area (Å²) < 4.78 is 9.99. The van der Waals surface area contributed by atoms with Crippen molar-refractivity contribution in [2.24, 2.45) is 5.41 Å². The highest BCUT2D eigenvalue weighted by molar-refractivity contribution is 6.00. The molecule has 0 aliphatic carbocycles. The van der Waals surface area contributed by atoms with E-state index in [-0.39, 0.29) is 25.2 Å². The molecule has 0 fully saturated rings. The molecule has 0 amide bonds. The van der Waals surface area contributed by atoms with E-state index in [4.69, 9.17) is 9.47 Å². The highest BCUT2D eigenvalue weighted by Crippen LogP contribution is 2.31. The Morgan fingerprint density at radius 1 is 1.14 bits per heavy atom. The third-order valence-electron chi connectivity index (χ3n) is 3.26. The topological polar surface area (TPSA) is 72.8 Å². The third kappa shape index (κ3) is 3.97. The summed E-state index contributed by atoms with van der Waals surface area (Å²) in [7, 11) is 1.22. The summed E-state index contributed by atoms with van der Waals surface area (Å²) >= 11 is 0. The van der Waals surface area contributed by atoms with Crippen LogP contribution in [-0.2, 0) is 25.7 Å². The average Bonchev–Trinajstić information content (AvgIpc) is 2.52. The Kier molecular flexibility index (Phi) is 6.38. The number of carbonyl (C=O) groups excluding carboxylic acids is 2. The second-order valence-electron chi connectivity index (χ2n) is 4.80. The monoisotopic (exact) mass is 304 g/mol.